The van der Waals surface area contributed by atoms with Crippen LogP contribution >= 0.6 is 0 Å². The van der Waals surface area contributed by atoms with Gasteiger partial charge in [0.25, 0.3) is 5.97 Å². The van der Waals surface area contributed by atoms with Gasteiger partial charge < -0.3 is 10.2 Å². The molecule has 5 heteroatoms. The first kappa shape index (κ1) is 21.2. The smallest absolute Gasteiger partial charge is 0.300 e. The monoisotopic (exact) mass is 390 g/mol. The summed E-state index contributed by atoms with van der Waals surface area (Å²) in [4.78, 5) is 33.1. The quantitative estimate of drug-likeness (QED) is 0.708. The van der Waals surface area contributed by atoms with Gasteiger partial charge in [-0.2, -0.15) is 0 Å². The van der Waals surface area contributed by atoms with Crippen LogP contribution in [0.4, 0.5) is 0 Å². The first-order valence-corrected chi connectivity index (χ1v) is 10.6. The fourth-order valence-electron chi connectivity index (χ4n) is 7.15. The molecule has 0 heterocycles. The molecule has 4 rings (SSSR count). The Bertz CT molecular complexity index is 721. The van der Waals surface area contributed by atoms with Crippen molar-refractivity contribution < 1.29 is 24.6 Å². The van der Waals surface area contributed by atoms with E-state index in [4.69, 9.17) is 9.90 Å². The highest BCUT2D eigenvalue weighted by atomic mass is 16.4. The van der Waals surface area contributed by atoms with Gasteiger partial charge in [0.05, 0.1) is 0 Å². The standard InChI is InChI=1S/C21H30O3.C2H4O2/c1-13(22)21(24)11-8-18-16-5-4-14-12-15(23)6-9-19(14,2)17(16)7-10-20(18,21)3;1-2(3)4/h12,16-18,24H,4-11H2,1-3H3;1H3,(H,3,4)/t16?,17?,18?,19-,20-,21-;/m0./s1. The maximum Gasteiger partial charge on any atom is 0.300 e. The lowest BCUT2D eigenvalue weighted by molar-refractivity contribution is -0.160. The average Bonchev–Trinajstić information content (AvgIpc) is 2.88. The lowest BCUT2D eigenvalue weighted by Crippen LogP contribution is -2.57. The number of carboxylic acid groups (broad SMARTS) is 1. The van der Waals surface area contributed by atoms with E-state index < -0.39 is 11.6 Å². The van der Waals surface area contributed by atoms with Crippen LogP contribution in [0.15, 0.2) is 11.6 Å². The molecule has 0 aromatic carbocycles. The number of hydrogen-bond donors (Lipinski definition) is 2. The predicted octanol–water partition coefficient (Wildman–Crippen LogP) is 3.93. The molecule has 3 saturated carbocycles. The Kier molecular flexibility index (Phi) is 5.37. The molecule has 28 heavy (non-hydrogen) atoms. The number of aliphatic hydroxyl groups is 1. The van der Waals surface area contributed by atoms with Crippen LogP contribution in [-0.4, -0.2) is 33.3 Å². The Labute approximate surface area is 167 Å². The molecule has 0 spiro atoms. The van der Waals surface area contributed by atoms with Crippen molar-refractivity contribution in [3.63, 3.8) is 0 Å². The molecule has 4 aliphatic carbocycles. The van der Waals surface area contributed by atoms with Gasteiger partial charge in [0, 0.05) is 18.8 Å². The maximum absolute atomic E-state index is 12.2. The first-order chi connectivity index (χ1) is 13.0. The normalized spacial score (nSPS) is 44.2. The maximum atomic E-state index is 12.2. The van der Waals surface area contributed by atoms with Crippen molar-refractivity contribution in [3.05, 3.63) is 11.6 Å². The van der Waals surface area contributed by atoms with Gasteiger partial charge in [-0.25, -0.2) is 0 Å². The fourth-order valence-corrected chi connectivity index (χ4v) is 7.15. The van der Waals surface area contributed by atoms with Crippen molar-refractivity contribution in [1.82, 2.24) is 0 Å². The predicted molar refractivity (Wildman–Crippen MR) is 106 cm³/mol. The first-order valence-electron chi connectivity index (χ1n) is 10.6. The summed E-state index contributed by atoms with van der Waals surface area (Å²) in [6.45, 7) is 7.19. The number of allylic oxidation sites excluding steroid dienone is 1. The topological polar surface area (TPSA) is 91.7 Å². The summed E-state index contributed by atoms with van der Waals surface area (Å²) in [5.74, 6) is 1.07. The highest BCUT2D eigenvalue weighted by Crippen LogP contribution is 2.67. The molecule has 156 valence electrons. The molecular weight excluding hydrogens is 356 g/mol. The molecule has 0 bridgehead atoms. The van der Waals surface area contributed by atoms with Gasteiger partial charge in [-0.05, 0) is 81.1 Å². The molecule has 3 fully saturated rings. The van der Waals surface area contributed by atoms with E-state index in [2.05, 4.69) is 13.8 Å². The Hall–Kier alpha value is -1.49. The highest BCUT2D eigenvalue weighted by molar-refractivity contribution is 5.91. The van der Waals surface area contributed by atoms with Crippen LogP contribution in [0.2, 0.25) is 0 Å². The molecule has 6 atom stereocenters. The lowest BCUT2D eigenvalue weighted by atomic mass is 9.46. The number of ketones is 2. The van der Waals surface area contributed by atoms with Gasteiger partial charge in [0.1, 0.15) is 5.60 Å². The third kappa shape index (κ3) is 3.06. The zero-order chi connectivity index (χ0) is 20.9. The summed E-state index contributed by atoms with van der Waals surface area (Å²) < 4.78 is 0. The molecule has 4 aliphatic rings. The SMILES string of the molecule is CC(=O)O.CC(=O)[C@@]1(O)CCC2C3CCC4=CC(=O)CC[C@]4(C)C3CC[C@@]21C. The summed E-state index contributed by atoms with van der Waals surface area (Å²) in [6, 6.07) is 0. The molecule has 0 saturated heterocycles. The minimum Gasteiger partial charge on any atom is -0.481 e. The molecule has 5 nitrogen and oxygen atoms in total. The van der Waals surface area contributed by atoms with E-state index in [0.29, 0.717) is 36.4 Å². The van der Waals surface area contributed by atoms with Gasteiger partial charge in [-0.15, -0.1) is 0 Å². The van der Waals surface area contributed by atoms with Crippen LogP contribution in [0.3, 0.4) is 0 Å². The van der Waals surface area contributed by atoms with Crippen LogP contribution in [0, 0.1) is 28.6 Å². The summed E-state index contributed by atoms with van der Waals surface area (Å²) in [7, 11) is 0. The minimum absolute atomic E-state index is 0.0446. The highest BCUT2D eigenvalue weighted by Gasteiger charge is 2.65. The van der Waals surface area contributed by atoms with Gasteiger partial charge in [-0.3, -0.25) is 14.4 Å². The number of carbonyl (C=O) groups excluding carboxylic acids is 2. The average molecular weight is 391 g/mol. The third-order valence-corrected chi connectivity index (χ3v) is 8.70. The van der Waals surface area contributed by atoms with Crippen molar-refractivity contribution in [2.75, 3.05) is 0 Å². The number of carbonyl (C=O) groups is 3. The third-order valence-electron chi connectivity index (χ3n) is 8.70. The lowest BCUT2D eigenvalue weighted by Gasteiger charge is -2.58. The van der Waals surface area contributed by atoms with Crippen LogP contribution in [-0.2, 0) is 14.4 Å². The van der Waals surface area contributed by atoms with Crippen molar-refractivity contribution >= 4 is 17.5 Å². The molecular formula is C23H34O5. The van der Waals surface area contributed by atoms with E-state index in [9.17, 15) is 14.7 Å². The second-order valence-electron chi connectivity index (χ2n) is 9.90. The number of Topliss-reactive ketones (excluding diaryl/α,β-unsaturated/α-hetero) is 1. The summed E-state index contributed by atoms with van der Waals surface area (Å²) in [5.41, 5.74) is 0.155. The van der Waals surface area contributed by atoms with E-state index in [1.165, 1.54) is 5.57 Å². The van der Waals surface area contributed by atoms with Crippen LogP contribution in [0.5, 0.6) is 0 Å². The number of fused-ring (bicyclic) bond motifs is 5. The fraction of sp³-hybridized carbons (Fsp3) is 0.783. The molecule has 0 aliphatic heterocycles. The van der Waals surface area contributed by atoms with Crippen LogP contribution in [0.25, 0.3) is 0 Å². The van der Waals surface area contributed by atoms with Crippen molar-refractivity contribution in [2.45, 2.75) is 84.7 Å². The zero-order valence-corrected chi connectivity index (χ0v) is 17.6. The number of rotatable bonds is 1. The van der Waals surface area contributed by atoms with Gasteiger partial charge >= 0.3 is 0 Å². The molecule has 0 aromatic heterocycles. The van der Waals surface area contributed by atoms with E-state index in [0.717, 1.165) is 45.4 Å². The van der Waals surface area contributed by atoms with Crippen molar-refractivity contribution in [3.8, 4) is 0 Å². The number of hydrogen-bond acceptors (Lipinski definition) is 4. The van der Waals surface area contributed by atoms with Gasteiger partial charge in [-0.1, -0.05) is 19.4 Å². The molecule has 2 N–H and O–H groups in total. The van der Waals surface area contributed by atoms with E-state index in [1.807, 2.05) is 6.08 Å². The Morgan fingerprint density at radius 2 is 1.61 bits per heavy atom. The van der Waals surface area contributed by atoms with E-state index in [-0.39, 0.29) is 16.6 Å². The largest absolute Gasteiger partial charge is 0.481 e. The second-order valence-corrected chi connectivity index (χ2v) is 9.90. The number of carboxylic acids is 1. The van der Waals surface area contributed by atoms with Crippen LogP contribution in [0.1, 0.15) is 79.1 Å². The summed E-state index contributed by atoms with van der Waals surface area (Å²) in [6.07, 6.45) is 9.37. The zero-order valence-electron chi connectivity index (χ0n) is 17.6. The summed E-state index contributed by atoms with van der Waals surface area (Å²) in [5, 5.41) is 18.6. The van der Waals surface area contributed by atoms with Crippen LogP contribution < -0.4 is 0 Å². The molecule has 3 unspecified atom stereocenters. The summed E-state index contributed by atoms with van der Waals surface area (Å²) >= 11 is 0. The Morgan fingerprint density at radius 1 is 1.00 bits per heavy atom. The van der Waals surface area contributed by atoms with E-state index >= 15 is 0 Å². The molecule has 0 amide bonds. The van der Waals surface area contributed by atoms with Gasteiger partial charge in [0.15, 0.2) is 11.6 Å². The second kappa shape index (κ2) is 7.08. The Morgan fingerprint density at radius 3 is 2.21 bits per heavy atom. The van der Waals surface area contributed by atoms with Crippen molar-refractivity contribution in [1.29, 1.82) is 0 Å². The van der Waals surface area contributed by atoms with Crippen molar-refractivity contribution in [2.24, 2.45) is 28.6 Å². The molecule has 0 aromatic rings. The Balaban J connectivity index is 0.000000516. The van der Waals surface area contributed by atoms with Gasteiger partial charge in [0.2, 0.25) is 0 Å². The number of aliphatic carboxylic acids is 1. The van der Waals surface area contributed by atoms with E-state index in [1.54, 1.807) is 6.92 Å². The molecule has 0 radical (unpaired) electrons. The minimum atomic E-state index is -1.12.